The van der Waals surface area contributed by atoms with Gasteiger partial charge in [0.15, 0.2) is 6.10 Å². The first-order chi connectivity index (χ1) is 10.2. The molecule has 0 spiro atoms. The number of hydroxylamine groups is 2. The standard InChI is InChI=1S/C15H15ClN2O3/c16-9-4-6-10(7-5-9)18-14(19)12-11-3-1-2-8-17(11)21-13(12)15(18)20/h4-7,11-13H,1-3,8H2/t11-,12+,13-/m1/s1. The van der Waals surface area contributed by atoms with Crippen LogP contribution in [0.5, 0.6) is 0 Å². The van der Waals surface area contributed by atoms with Crippen LogP contribution in [0.2, 0.25) is 5.02 Å². The van der Waals surface area contributed by atoms with E-state index in [1.807, 2.05) is 5.06 Å². The van der Waals surface area contributed by atoms with Gasteiger partial charge in [-0.15, -0.1) is 0 Å². The van der Waals surface area contributed by atoms with Gasteiger partial charge in [-0.3, -0.25) is 14.4 Å². The lowest BCUT2D eigenvalue weighted by Crippen LogP contribution is -2.42. The zero-order chi connectivity index (χ0) is 14.6. The Kier molecular flexibility index (Phi) is 3.03. The molecule has 0 aliphatic carbocycles. The van der Waals surface area contributed by atoms with Crippen LogP contribution in [0.25, 0.3) is 0 Å². The van der Waals surface area contributed by atoms with Crippen LogP contribution in [0.3, 0.4) is 0 Å². The molecule has 0 saturated carbocycles. The largest absolute Gasteiger partial charge is 0.284 e. The molecule has 0 radical (unpaired) electrons. The first-order valence-electron chi connectivity index (χ1n) is 7.23. The molecule has 3 saturated heterocycles. The molecule has 3 atom stereocenters. The number of hydrogen-bond acceptors (Lipinski definition) is 4. The molecule has 0 aromatic heterocycles. The van der Waals surface area contributed by atoms with Gasteiger partial charge in [-0.1, -0.05) is 18.0 Å². The molecule has 21 heavy (non-hydrogen) atoms. The van der Waals surface area contributed by atoms with Crippen molar-refractivity contribution in [3.63, 3.8) is 0 Å². The van der Waals surface area contributed by atoms with Crippen LogP contribution in [-0.4, -0.2) is 35.6 Å². The van der Waals surface area contributed by atoms with Crippen molar-refractivity contribution in [3.8, 4) is 0 Å². The summed E-state index contributed by atoms with van der Waals surface area (Å²) in [5.41, 5.74) is 0.565. The number of rotatable bonds is 1. The number of imide groups is 1. The van der Waals surface area contributed by atoms with Crippen molar-refractivity contribution in [2.24, 2.45) is 5.92 Å². The molecule has 4 rings (SSSR count). The van der Waals surface area contributed by atoms with E-state index in [-0.39, 0.29) is 23.8 Å². The lowest BCUT2D eigenvalue weighted by atomic mass is 9.90. The molecule has 1 aromatic rings. The predicted octanol–water partition coefficient (Wildman–Crippen LogP) is 2.00. The van der Waals surface area contributed by atoms with E-state index in [0.717, 1.165) is 25.8 Å². The molecule has 110 valence electrons. The van der Waals surface area contributed by atoms with Crippen LogP contribution in [0, 0.1) is 5.92 Å². The van der Waals surface area contributed by atoms with Crippen molar-refractivity contribution in [1.29, 1.82) is 0 Å². The maximum Gasteiger partial charge on any atom is 0.265 e. The van der Waals surface area contributed by atoms with Gasteiger partial charge in [0.05, 0.1) is 17.6 Å². The lowest BCUT2D eigenvalue weighted by Gasteiger charge is -2.30. The minimum absolute atomic E-state index is 0.0394. The van der Waals surface area contributed by atoms with E-state index in [9.17, 15) is 9.59 Å². The van der Waals surface area contributed by atoms with Gasteiger partial charge in [-0.2, -0.15) is 5.06 Å². The number of benzene rings is 1. The highest BCUT2D eigenvalue weighted by molar-refractivity contribution is 6.31. The van der Waals surface area contributed by atoms with Gasteiger partial charge in [0.2, 0.25) is 5.91 Å². The van der Waals surface area contributed by atoms with Crippen LogP contribution in [0.4, 0.5) is 5.69 Å². The molecule has 3 aliphatic heterocycles. The van der Waals surface area contributed by atoms with E-state index in [2.05, 4.69) is 0 Å². The fraction of sp³-hybridized carbons (Fsp3) is 0.467. The zero-order valence-corrected chi connectivity index (χ0v) is 12.1. The summed E-state index contributed by atoms with van der Waals surface area (Å²) >= 11 is 5.86. The summed E-state index contributed by atoms with van der Waals surface area (Å²) in [6.07, 6.45) is 2.39. The van der Waals surface area contributed by atoms with E-state index in [1.165, 1.54) is 4.90 Å². The number of carbonyl (C=O) groups is 2. The Balaban J connectivity index is 1.66. The quantitative estimate of drug-likeness (QED) is 0.745. The van der Waals surface area contributed by atoms with Gasteiger partial charge in [-0.05, 0) is 37.1 Å². The second kappa shape index (κ2) is 4.80. The maximum absolute atomic E-state index is 12.7. The SMILES string of the molecule is O=C1[C@H]2[C@H]3CCCCN3O[C@H]2C(=O)N1c1ccc(Cl)cc1. The molecule has 3 heterocycles. The number of hydrogen-bond donors (Lipinski definition) is 0. The summed E-state index contributed by atoms with van der Waals surface area (Å²) in [5, 5.41) is 2.42. The third-order valence-corrected chi connectivity index (χ3v) is 4.79. The van der Waals surface area contributed by atoms with Crippen LogP contribution >= 0.6 is 11.6 Å². The second-order valence-corrected chi connectivity index (χ2v) is 6.18. The van der Waals surface area contributed by atoms with Crippen molar-refractivity contribution in [3.05, 3.63) is 29.3 Å². The molecule has 0 bridgehead atoms. The number of anilines is 1. The Morgan fingerprint density at radius 1 is 1.10 bits per heavy atom. The summed E-state index contributed by atoms with van der Waals surface area (Å²) in [5.74, 6) is -0.781. The molecule has 3 fully saturated rings. The average Bonchev–Trinajstić information content (AvgIpc) is 2.98. The number of nitrogens with zero attached hydrogens (tertiary/aromatic N) is 2. The Morgan fingerprint density at radius 2 is 1.86 bits per heavy atom. The third kappa shape index (κ3) is 1.92. The molecule has 6 heteroatoms. The van der Waals surface area contributed by atoms with Gasteiger partial charge in [-0.25, -0.2) is 4.90 Å². The van der Waals surface area contributed by atoms with Crippen LogP contribution in [-0.2, 0) is 14.4 Å². The molecule has 3 aliphatic rings. The molecule has 0 unspecified atom stereocenters. The van der Waals surface area contributed by atoms with Crippen molar-refractivity contribution in [2.75, 3.05) is 11.4 Å². The predicted molar refractivity (Wildman–Crippen MR) is 76.7 cm³/mol. The highest BCUT2D eigenvalue weighted by Crippen LogP contribution is 2.41. The number of fused-ring (bicyclic) bond motifs is 3. The minimum atomic E-state index is -0.656. The third-order valence-electron chi connectivity index (χ3n) is 4.54. The normalized spacial score (nSPS) is 32.4. The number of carbonyl (C=O) groups excluding carboxylic acids is 2. The van der Waals surface area contributed by atoms with E-state index in [1.54, 1.807) is 24.3 Å². The fourth-order valence-corrected chi connectivity index (χ4v) is 3.68. The molecule has 5 nitrogen and oxygen atoms in total. The Labute approximate surface area is 127 Å². The summed E-state index contributed by atoms with van der Waals surface area (Å²) in [7, 11) is 0. The van der Waals surface area contributed by atoms with Crippen LogP contribution in [0.1, 0.15) is 19.3 Å². The number of piperidine rings is 1. The van der Waals surface area contributed by atoms with Crippen molar-refractivity contribution in [1.82, 2.24) is 5.06 Å². The first kappa shape index (κ1) is 13.2. The fourth-order valence-electron chi connectivity index (χ4n) is 3.56. The highest BCUT2D eigenvalue weighted by Gasteiger charge is 2.59. The highest BCUT2D eigenvalue weighted by atomic mass is 35.5. The van der Waals surface area contributed by atoms with Gasteiger partial charge < -0.3 is 0 Å². The number of amides is 2. The Bertz CT molecular complexity index is 603. The smallest absolute Gasteiger partial charge is 0.265 e. The average molecular weight is 307 g/mol. The Morgan fingerprint density at radius 3 is 2.62 bits per heavy atom. The molecule has 0 N–H and O–H groups in total. The minimum Gasteiger partial charge on any atom is -0.284 e. The number of halogens is 1. The summed E-state index contributed by atoms with van der Waals surface area (Å²) in [6, 6.07) is 6.78. The second-order valence-electron chi connectivity index (χ2n) is 5.74. The summed E-state index contributed by atoms with van der Waals surface area (Å²) in [6.45, 7) is 0.805. The van der Waals surface area contributed by atoms with Crippen molar-refractivity contribution in [2.45, 2.75) is 31.4 Å². The van der Waals surface area contributed by atoms with Gasteiger partial charge in [0.1, 0.15) is 0 Å². The Hall–Kier alpha value is -1.43. The van der Waals surface area contributed by atoms with Crippen LogP contribution < -0.4 is 4.90 Å². The van der Waals surface area contributed by atoms with E-state index >= 15 is 0 Å². The summed E-state index contributed by atoms with van der Waals surface area (Å²) < 4.78 is 0. The summed E-state index contributed by atoms with van der Waals surface area (Å²) in [4.78, 5) is 32.2. The van der Waals surface area contributed by atoms with E-state index in [4.69, 9.17) is 16.4 Å². The van der Waals surface area contributed by atoms with Gasteiger partial charge >= 0.3 is 0 Å². The van der Waals surface area contributed by atoms with E-state index < -0.39 is 6.10 Å². The van der Waals surface area contributed by atoms with Crippen LogP contribution in [0.15, 0.2) is 24.3 Å². The van der Waals surface area contributed by atoms with Gasteiger partial charge in [0.25, 0.3) is 5.91 Å². The van der Waals surface area contributed by atoms with Crippen molar-refractivity contribution >= 4 is 29.1 Å². The topological polar surface area (TPSA) is 49.9 Å². The lowest BCUT2D eigenvalue weighted by molar-refractivity contribution is -0.177. The molecular formula is C15H15ClN2O3. The molecule has 1 aromatic carbocycles. The zero-order valence-electron chi connectivity index (χ0n) is 11.4. The molecule has 2 amide bonds. The monoisotopic (exact) mass is 306 g/mol. The first-order valence-corrected chi connectivity index (χ1v) is 7.61. The van der Waals surface area contributed by atoms with Crippen molar-refractivity contribution < 1.29 is 14.4 Å². The van der Waals surface area contributed by atoms with E-state index in [0.29, 0.717) is 10.7 Å². The molecular weight excluding hydrogens is 292 g/mol. The maximum atomic E-state index is 12.7. The van der Waals surface area contributed by atoms with Gasteiger partial charge in [0, 0.05) is 11.6 Å².